The molecule has 3 aliphatic carbocycles. The molecule has 54 heavy (non-hydrogen) atoms. The minimum atomic E-state index is -1.59. The predicted molar refractivity (Wildman–Crippen MR) is 231 cm³/mol. The molecule has 6 atom stereocenters. The summed E-state index contributed by atoms with van der Waals surface area (Å²) in [5, 5.41) is 0. The number of carbonyl (C=O) groups excluding carboxylic acids is 1. The van der Waals surface area contributed by atoms with E-state index in [0.717, 1.165) is 68.5 Å². The van der Waals surface area contributed by atoms with Gasteiger partial charge in [0.2, 0.25) is 0 Å². The molecule has 5 aliphatic rings. The number of likely N-dealkylation sites (tertiary alicyclic amines) is 2. The molecular formula is C46H78BFN2O3S. The monoisotopic (exact) mass is 769 g/mol. The van der Waals surface area contributed by atoms with Crippen molar-refractivity contribution in [1.29, 1.82) is 0 Å². The van der Waals surface area contributed by atoms with Crippen molar-refractivity contribution in [2.75, 3.05) is 39.0 Å². The number of alkyl halides is 1. The van der Waals surface area contributed by atoms with Crippen molar-refractivity contribution in [2.24, 2.45) is 28.1 Å². The third-order valence-corrected chi connectivity index (χ3v) is 14.4. The zero-order chi connectivity index (χ0) is 40.3. The van der Waals surface area contributed by atoms with Crippen LogP contribution in [0.4, 0.5) is 9.18 Å². The Morgan fingerprint density at radius 3 is 2.17 bits per heavy atom. The van der Waals surface area contributed by atoms with Gasteiger partial charge in [0.25, 0.3) is 0 Å². The van der Waals surface area contributed by atoms with E-state index >= 15 is 0 Å². The topological polar surface area (TPSA) is 42.0 Å². The van der Waals surface area contributed by atoms with Crippen molar-refractivity contribution < 1.29 is 18.7 Å². The molecule has 2 aliphatic heterocycles. The smallest absolute Gasteiger partial charge is 0.410 e. The average molecular weight is 769 g/mol. The first-order valence-corrected chi connectivity index (χ1v) is 22.0. The lowest BCUT2D eigenvalue weighted by Gasteiger charge is -2.50. The van der Waals surface area contributed by atoms with Crippen molar-refractivity contribution in [3.63, 3.8) is 0 Å². The van der Waals surface area contributed by atoms with E-state index in [1.165, 1.54) is 88.9 Å². The van der Waals surface area contributed by atoms with E-state index in [1.807, 2.05) is 25.9 Å². The second-order valence-electron chi connectivity index (χ2n) is 19.0. The van der Waals surface area contributed by atoms with Gasteiger partial charge in [-0.05, 0) is 160 Å². The van der Waals surface area contributed by atoms with Crippen molar-refractivity contribution >= 4 is 26.6 Å². The molecule has 2 saturated heterocycles. The number of ether oxygens (including phenoxy) is 2. The normalized spacial score (nSPS) is 28.2. The van der Waals surface area contributed by atoms with Gasteiger partial charge in [0.15, 0.2) is 0 Å². The van der Waals surface area contributed by atoms with Crippen molar-refractivity contribution in [1.82, 2.24) is 9.80 Å². The number of nitrogens with zero attached hydrogens (tertiary/aromatic N) is 2. The second kappa shape index (κ2) is 20.8. The van der Waals surface area contributed by atoms with Crippen LogP contribution in [0.25, 0.3) is 0 Å². The molecule has 0 bridgehead atoms. The van der Waals surface area contributed by atoms with Gasteiger partial charge in [-0.25, -0.2) is 4.79 Å². The standard InChI is InChI=1S/C30H44N2O3.C8H16BFS.C6H14.C2H4/c1-30-15-12-25-24-9-7-23(20-21(24)6-8-26(25)27(30)10-11-28(30)34-2)35-29(33)32-18-13-22(14-19-32)31-16-4-3-5-17-31;1-7(2,5-4-6-11)8(3,9)10;1-5-6(2,3)4;1-2/h7,9,20,22,25-28H,3-6,8,10-19H2,1-2H3;11H,4-6H2,1-3H3;5H2,1-4H3;1-2H2. The van der Waals surface area contributed by atoms with Gasteiger partial charge in [0, 0.05) is 26.2 Å². The van der Waals surface area contributed by atoms with Gasteiger partial charge in [-0.1, -0.05) is 67.4 Å². The number of thiol groups is 1. The van der Waals surface area contributed by atoms with E-state index in [1.54, 1.807) is 0 Å². The Kier molecular flexibility index (Phi) is 18.0. The van der Waals surface area contributed by atoms with E-state index in [-0.39, 0.29) is 6.09 Å². The van der Waals surface area contributed by atoms with Crippen molar-refractivity contribution in [3.05, 3.63) is 42.5 Å². The molecule has 4 fully saturated rings. The number of carbonyl (C=O) groups is 1. The van der Waals surface area contributed by atoms with Crippen molar-refractivity contribution in [3.8, 4) is 5.75 Å². The molecule has 5 nitrogen and oxygen atoms in total. The van der Waals surface area contributed by atoms with Crippen molar-refractivity contribution in [2.45, 2.75) is 169 Å². The summed E-state index contributed by atoms with van der Waals surface area (Å²) in [6.07, 6.45) is 16.8. The summed E-state index contributed by atoms with van der Waals surface area (Å²) in [6, 6.07) is 7.15. The fourth-order valence-corrected chi connectivity index (χ4v) is 9.75. The zero-order valence-corrected chi connectivity index (χ0v) is 36.9. The van der Waals surface area contributed by atoms with E-state index in [4.69, 9.17) is 17.3 Å². The number of benzene rings is 1. The Hall–Kier alpha value is -1.51. The maximum absolute atomic E-state index is 13.2. The minimum absolute atomic E-state index is 0.166. The molecular weight excluding hydrogens is 690 g/mol. The number of methoxy groups -OCH3 is 1. The molecule has 2 radical (unpaired) electrons. The van der Waals surface area contributed by atoms with E-state index in [2.05, 4.69) is 83.5 Å². The second-order valence-corrected chi connectivity index (χ2v) is 19.5. The molecule has 1 amide bonds. The van der Waals surface area contributed by atoms with Crippen LogP contribution in [0.3, 0.4) is 0 Å². The van der Waals surface area contributed by atoms with E-state index in [9.17, 15) is 9.18 Å². The number of hydrogen-bond acceptors (Lipinski definition) is 5. The van der Waals surface area contributed by atoms with Gasteiger partial charge in [-0.2, -0.15) is 12.6 Å². The molecule has 0 spiro atoms. The maximum atomic E-state index is 13.2. The van der Waals surface area contributed by atoms with Gasteiger partial charge < -0.3 is 19.3 Å². The number of hydrogen-bond donors (Lipinski definition) is 1. The van der Waals surface area contributed by atoms with Crippen LogP contribution in [0.15, 0.2) is 31.4 Å². The fourth-order valence-electron chi connectivity index (χ4n) is 9.59. The third kappa shape index (κ3) is 12.2. The molecule has 6 rings (SSSR count). The lowest BCUT2D eigenvalue weighted by Crippen LogP contribution is -2.48. The van der Waals surface area contributed by atoms with Crippen LogP contribution in [-0.2, 0) is 11.2 Å². The highest BCUT2D eigenvalue weighted by molar-refractivity contribution is 7.80. The maximum Gasteiger partial charge on any atom is 0.415 e. The molecule has 0 aromatic heterocycles. The molecule has 1 aromatic carbocycles. The Balaban J connectivity index is 0.000000345. The molecule has 8 heteroatoms. The summed E-state index contributed by atoms with van der Waals surface area (Å²) in [5.74, 6) is 3.73. The predicted octanol–water partition coefficient (Wildman–Crippen LogP) is 11.8. The van der Waals surface area contributed by atoms with E-state index in [0.29, 0.717) is 28.9 Å². The SMILES string of the molecule is C=C.CCC(C)(C)C.COC1CCC2C3CCc4cc(OC(=O)N5CCC(N6CCCCC6)CC5)ccc4C3CCC12C.[B]C(C)(F)C(C)(C)CCCS. The largest absolute Gasteiger partial charge is 0.415 e. The Bertz CT molecular complexity index is 1280. The van der Waals surface area contributed by atoms with Crippen LogP contribution in [-0.4, -0.2) is 80.5 Å². The summed E-state index contributed by atoms with van der Waals surface area (Å²) < 4.78 is 25.1. The van der Waals surface area contributed by atoms with Gasteiger partial charge in [0.1, 0.15) is 13.6 Å². The van der Waals surface area contributed by atoms with Gasteiger partial charge >= 0.3 is 6.09 Å². The lowest BCUT2D eigenvalue weighted by molar-refractivity contribution is -0.0444. The third-order valence-electron chi connectivity index (χ3n) is 14.1. The number of rotatable bonds is 7. The summed E-state index contributed by atoms with van der Waals surface area (Å²) in [5.41, 5.74) is 1.78. The Morgan fingerprint density at radius 1 is 0.981 bits per heavy atom. The van der Waals surface area contributed by atoms with Crippen LogP contribution >= 0.6 is 12.6 Å². The quantitative estimate of drug-likeness (QED) is 0.170. The van der Waals surface area contributed by atoms with Crippen LogP contribution in [0.2, 0.25) is 0 Å². The first kappa shape index (κ1) is 46.9. The molecule has 6 unspecified atom stereocenters. The summed E-state index contributed by atoms with van der Waals surface area (Å²) in [6.45, 7) is 26.6. The first-order chi connectivity index (χ1) is 25.4. The minimum Gasteiger partial charge on any atom is -0.410 e. The molecule has 2 saturated carbocycles. The average Bonchev–Trinajstić information content (AvgIpc) is 3.51. The van der Waals surface area contributed by atoms with E-state index < -0.39 is 11.0 Å². The highest BCUT2D eigenvalue weighted by Crippen LogP contribution is 2.61. The fraction of sp³-hybridized carbons (Fsp3) is 0.804. The van der Waals surface area contributed by atoms with Gasteiger partial charge in [-0.15, -0.1) is 13.2 Å². The summed E-state index contributed by atoms with van der Waals surface area (Å²) in [7, 11) is 7.27. The Labute approximate surface area is 338 Å². The van der Waals surface area contributed by atoms with Crippen LogP contribution in [0, 0.1) is 28.1 Å². The lowest BCUT2D eigenvalue weighted by atomic mass is 9.55. The van der Waals surface area contributed by atoms with Crippen LogP contribution in [0.1, 0.15) is 156 Å². The zero-order valence-electron chi connectivity index (χ0n) is 36.0. The highest BCUT2D eigenvalue weighted by atomic mass is 32.1. The summed E-state index contributed by atoms with van der Waals surface area (Å²) >= 11 is 4.06. The van der Waals surface area contributed by atoms with Gasteiger partial charge in [-0.3, -0.25) is 4.39 Å². The first-order valence-electron chi connectivity index (χ1n) is 21.4. The number of halogens is 1. The van der Waals surface area contributed by atoms with Crippen LogP contribution < -0.4 is 4.74 Å². The number of amides is 1. The summed E-state index contributed by atoms with van der Waals surface area (Å²) in [4.78, 5) is 17.5. The highest BCUT2D eigenvalue weighted by Gasteiger charge is 2.55. The van der Waals surface area contributed by atoms with Gasteiger partial charge in [0.05, 0.1) is 11.7 Å². The van der Waals surface area contributed by atoms with Crippen LogP contribution in [0.5, 0.6) is 5.75 Å². The molecule has 0 N–H and O–H groups in total. The number of aryl methyl sites for hydroxylation is 1. The molecule has 2 heterocycles. The Morgan fingerprint density at radius 2 is 1.61 bits per heavy atom. The number of piperidine rings is 2. The molecule has 1 aromatic rings. The molecule has 306 valence electrons. The number of fused-ring (bicyclic) bond motifs is 5.